The number of nitrogens with zero attached hydrogens (tertiary/aromatic N) is 4. The second-order valence-electron chi connectivity index (χ2n) is 18.0. The fraction of sp³-hybridized carbons (Fsp3) is 0. The molecule has 0 N–H and O–H groups in total. The van der Waals surface area contributed by atoms with E-state index in [0.717, 1.165) is 45.6 Å². The van der Waals surface area contributed by atoms with E-state index in [9.17, 15) is 0 Å². The van der Waals surface area contributed by atoms with Crippen LogP contribution in [0, 0.1) is 0 Å². The van der Waals surface area contributed by atoms with Crippen LogP contribution in [0.2, 0.25) is 0 Å². The van der Waals surface area contributed by atoms with Crippen molar-refractivity contribution in [2.24, 2.45) is 20.0 Å². The van der Waals surface area contributed by atoms with Gasteiger partial charge >= 0.3 is 286 Å². The van der Waals surface area contributed by atoms with Gasteiger partial charge in [-0.1, -0.05) is 0 Å². The normalized spacial score (nSPS) is 17.3. The van der Waals surface area contributed by atoms with Crippen LogP contribution < -0.4 is 32.3 Å². The van der Waals surface area contributed by atoms with Crippen molar-refractivity contribution in [1.29, 1.82) is 0 Å². The van der Waals surface area contributed by atoms with Gasteiger partial charge in [0.05, 0.1) is 45.6 Å². The molecule has 0 aliphatic carbocycles. The number of benzene rings is 8. The molecule has 0 radical (unpaired) electrons. The molecule has 0 aromatic heterocycles. The fourth-order valence-electron chi connectivity index (χ4n) is 12.0. The molecule has 73 heavy (non-hydrogen) atoms. The van der Waals surface area contributed by atoms with Crippen LogP contribution in [0.4, 0.5) is 0 Å². The molecular weight excluding hydrogens is 979 g/mol. The van der Waals surface area contributed by atoms with Gasteiger partial charge in [-0.05, 0) is 72.9 Å². The second-order valence-corrected chi connectivity index (χ2v) is 36.1. The number of hydrogen-bond donors (Lipinski definition) is 0. The molecule has 8 aromatic rings. The van der Waals surface area contributed by atoms with E-state index in [1.165, 1.54) is 32.3 Å². The van der Waals surface area contributed by atoms with Crippen molar-refractivity contribution >= 4 is 55.1 Å². The Hall–Kier alpha value is -8.98. The molecule has 0 spiro atoms. The number of rotatable bonds is 8. The molecule has 0 atom stereocenters. The minimum absolute atomic E-state index is 0.894. The Morgan fingerprint density at radius 1 is 0.178 bits per heavy atom. The number of aliphatic imine (C=N–C) groups is 4. The maximum absolute atomic E-state index is 7.55. The first kappa shape index (κ1) is 45.2. The van der Waals surface area contributed by atoms with Gasteiger partial charge in [0.2, 0.25) is 0 Å². The third-order valence-electron chi connectivity index (χ3n) is 14.7. The van der Waals surface area contributed by atoms with E-state index >= 15 is 0 Å². The van der Waals surface area contributed by atoms with E-state index in [0.29, 0.717) is 0 Å². The summed E-state index contributed by atoms with van der Waals surface area (Å²) < 4.78 is 9.58. The van der Waals surface area contributed by atoms with Crippen molar-refractivity contribution in [3.63, 3.8) is 0 Å². The van der Waals surface area contributed by atoms with Gasteiger partial charge in [0, 0.05) is 0 Å². The molecule has 8 aromatic carbocycles. The van der Waals surface area contributed by atoms with Crippen molar-refractivity contribution in [3.05, 3.63) is 338 Å². The van der Waals surface area contributed by atoms with Gasteiger partial charge in [0.1, 0.15) is 0 Å². The predicted octanol–water partition coefficient (Wildman–Crippen LogP) is 10.5. The standard InChI is InChI=1S/C20H12N4.8C6H5.Pd/c1-2-14-10-16-5-6-18(23-16)12-20-8-7-19(24-20)11-17-4-3-15(22-17)9-13(1)21-14;8*1-2-4-6-5-3-1;/h1-12H;8*1-5H;. The summed E-state index contributed by atoms with van der Waals surface area (Å²) in [6, 6.07) is 91.6. The van der Waals surface area contributed by atoms with Crippen LogP contribution in [-0.2, 0) is 10.7 Å². The van der Waals surface area contributed by atoms with Gasteiger partial charge in [-0.25, -0.2) is 20.0 Å². The molecule has 5 aliphatic heterocycles. The fourth-order valence-corrected chi connectivity index (χ4v) is 43.4. The van der Waals surface area contributed by atoms with Crippen molar-refractivity contribution in [2.75, 3.05) is 0 Å². The Labute approximate surface area is 421 Å². The van der Waals surface area contributed by atoms with Crippen LogP contribution in [0.25, 0.3) is 0 Å². The van der Waals surface area contributed by atoms with Gasteiger partial charge < -0.3 is 0 Å². The zero-order chi connectivity index (χ0) is 49.2. The Kier molecular flexibility index (Phi) is 9.91. The third kappa shape index (κ3) is 4.89. The summed E-state index contributed by atoms with van der Waals surface area (Å²) in [7, 11) is -7.55. The molecule has 0 fully saturated rings. The Morgan fingerprint density at radius 2 is 0.329 bits per heavy atom. The monoisotopic (exact) mass is 1030 g/mol. The molecule has 5 aliphatic rings. The first-order chi connectivity index (χ1) is 36.0. The van der Waals surface area contributed by atoms with Gasteiger partial charge in [-0.3, -0.25) is 0 Å². The van der Waals surface area contributed by atoms with Crippen LogP contribution in [0.5, 0.6) is 0 Å². The summed E-state index contributed by atoms with van der Waals surface area (Å²) in [6.45, 7) is 0. The SMILES string of the molecule is C1=CC2=NC1=CC1=NC(=CC3=NC(=CC4=NC(=C2)C=C4)C=C3)C=C1.c1cc[c]([Pd]([c]2ccccc2)([c]2ccccc2)([c]2ccccc2)([c]2ccccc2)([c]2ccccc2)([c]2ccccc2)[c]2ccccc2)cc1. The van der Waals surface area contributed by atoms with E-state index in [1.807, 2.05) is 72.9 Å². The molecule has 4 nitrogen and oxygen atoms in total. The van der Waals surface area contributed by atoms with E-state index in [4.69, 9.17) is 0 Å². The Bertz CT molecular complexity index is 3180. The van der Waals surface area contributed by atoms with Gasteiger partial charge in [0.25, 0.3) is 0 Å². The number of allylic oxidation sites excluding steroid dienone is 12. The summed E-state index contributed by atoms with van der Waals surface area (Å²) in [5.74, 6) is 0. The Balaban J connectivity index is 0.000000188. The summed E-state index contributed by atoms with van der Waals surface area (Å²) in [5.41, 5.74) is 7.15. The molecule has 354 valence electrons. The summed E-state index contributed by atoms with van der Waals surface area (Å²) in [4.78, 5) is 18.4. The first-order valence-electron chi connectivity index (χ1n) is 24.3. The molecule has 8 bridgehead atoms. The van der Waals surface area contributed by atoms with Crippen molar-refractivity contribution in [3.8, 4) is 0 Å². The molecule has 0 saturated heterocycles. The summed E-state index contributed by atoms with van der Waals surface area (Å²) in [6.07, 6.45) is 23.8. The van der Waals surface area contributed by atoms with Crippen LogP contribution in [0.3, 0.4) is 0 Å². The Morgan fingerprint density at radius 3 is 0.479 bits per heavy atom. The summed E-state index contributed by atoms with van der Waals surface area (Å²) >= 11 is 0. The van der Waals surface area contributed by atoms with Crippen LogP contribution in [0.15, 0.2) is 358 Å². The zero-order valence-corrected chi connectivity index (χ0v) is 41.7. The predicted molar refractivity (Wildman–Crippen MR) is 307 cm³/mol. The maximum atomic E-state index is 4.59. The first-order valence-corrected chi connectivity index (χ1v) is 30.5. The topological polar surface area (TPSA) is 49.4 Å². The average Bonchev–Trinajstić information content (AvgIpc) is 4.39. The van der Waals surface area contributed by atoms with Crippen LogP contribution >= 0.6 is 0 Å². The van der Waals surface area contributed by atoms with Gasteiger partial charge in [-0.15, -0.1) is 0 Å². The van der Waals surface area contributed by atoms with Crippen LogP contribution in [0.1, 0.15) is 0 Å². The van der Waals surface area contributed by atoms with Crippen molar-refractivity contribution < 1.29 is 10.7 Å². The molecule has 13 rings (SSSR count). The minimum atomic E-state index is -7.55. The average molecular weight is 1030 g/mol. The number of hydrogen-bond acceptors (Lipinski definition) is 4. The molecule has 0 saturated carbocycles. The zero-order valence-electron chi connectivity index (χ0n) is 40.1. The quantitative estimate of drug-likeness (QED) is 0.136. The van der Waals surface area contributed by atoms with E-state index in [1.54, 1.807) is 0 Å². The third-order valence-corrected chi connectivity index (χ3v) is 44.0. The van der Waals surface area contributed by atoms with E-state index < -0.39 is 10.7 Å². The van der Waals surface area contributed by atoms with Gasteiger partial charge in [-0.2, -0.15) is 0 Å². The molecule has 0 unspecified atom stereocenters. The molecule has 5 heterocycles. The van der Waals surface area contributed by atoms with Crippen LogP contribution in [-0.4, -0.2) is 22.8 Å². The molecular formula is C68H52N4Pd. The second kappa shape index (κ2) is 16.0. The number of fused-ring (bicyclic) bond motifs is 4. The van der Waals surface area contributed by atoms with E-state index in [-0.39, 0.29) is 0 Å². The molecule has 0 amide bonds. The van der Waals surface area contributed by atoms with Crippen molar-refractivity contribution in [2.45, 2.75) is 0 Å². The van der Waals surface area contributed by atoms with Crippen molar-refractivity contribution in [1.82, 2.24) is 0 Å². The summed E-state index contributed by atoms with van der Waals surface area (Å²) in [5, 5.41) is 0. The van der Waals surface area contributed by atoms with E-state index in [2.05, 4.69) is 263 Å². The van der Waals surface area contributed by atoms with Gasteiger partial charge in [0.15, 0.2) is 0 Å². The molecule has 5 heteroatoms.